The number of benzene rings is 1. The van der Waals surface area contributed by atoms with Gasteiger partial charge in [-0.2, -0.15) is 0 Å². The number of aliphatic hydroxyl groups is 1. The van der Waals surface area contributed by atoms with Gasteiger partial charge in [-0.05, 0) is 18.2 Å². The van der Waals surface area contributed by atoms with Crippen LogP contribution in [0.5, 0.6) is 0 Å². The van der Waals surface area contributed by atoms with Crippen LogP contribution in [0.4, 0.5) is 5.69 Å². The molecular weight excluding hydrogens is 292 g/mol. The second kappa shape index (κ2) is 5.65. The quantitative estimate of drug-likeness (QED) is 0.594. The highest BCUT2D eigenvalue weighted by Crippen LogP contribution is 2.18. The van der Waals surface area contributed by atoms with Crippen molar-refractivity contribution < 1.29 is 19.8 Å². The van der Waals surface area contributed by atoms with E-state index in [2.05, 4.69) is 21.2 Å². The van der Waals surface area contributed by atoms with E-state index in [9.17, 15) is 9.59 Å². The monoisotopic (exact) mass is 302 g/mol. The zero-order valence-electron chi connectivity index (χ0n) is 8.68. The first-order chi connectivity index (χ1) is 7.91. The average Bonchev–Trinajstić information content (AvgIpc) is 2.25. The van der Waals surface area contributed by atoms with Crippen molar-refractivity contribution in [3.8, 4) is 0 Å². The van der Waals surface area contributed by atoms with Gasteiger partial charge >= 0.3 is 5.97 Å². The summed E-state index contributed by atoms with van der Waals surface area (Å²) in [4.78, 5) is 21.9. The van der Waals surface area contributed by atoms with Crippen LogP contribution in [0.3, 0.4) is 0 Å². The van der Waals surface area contributed by atoms with Gasteiger partial charge in [-0.15, -0.1) is 0 Å². The van der Waals surface area contributed by atoms with Gasteiger partial charge in [0.25, 0.3) is 5.91 Å². The molecule has 0 unspecified atom stereocenters. The lowest BCUT2D eigenvalue weighted by Gasteiger charge is -2.09. The molecule has 5 N–H and O–H groups in total. The van der Waals surface area contributed by atoms with Gasteiger partial charge in [0.15, 0.2) is 6.10 Å². The number of anilines is 1. The molecule has 1 aromatic carbocycles. The number of halogens is 1. The number of rotatable bonds is 4. The van der Waals surface area contributed by atoms with Crippen LogP contribution in [0.25, 0.3) is 0 Å². The number of aliphatic carboxylic acids is 1. The molecule has 0 aliphatic rings. The van der Waals surface area contributed by atoms with Gasteiger partial charge in [-0.3, -0.25) is 4.79 Å². The molecule has 0 bridgehead atoms. The highest BCUT2D eigenvalue weighted by atomic mass is 79.9. The number of carboxylic acids is 1. The summed E-state index contributed by atoms with van der Waals surface area (Å²) in [5.74, 6) is -1.93. The molecule has 0 radical (unpaired) electrons. The Morgan fingerprint density at radius 3 is 2.65 bits per heavy atom. The minimum atomic E-state index is -1.63. The molecule has 1 amide bonds. The number of amides is 1. The number of carbonyl (C=O) groups is 2. The Morgan fingerprint density at radius 2 is 2.12 bits per heavy atom. The van der Waals surface area contributed by atoms with Gasteiger partial charge in [0.2, 0.25) is 0 Å². The fraction of sp³-hybridized carbons (Fsp3) is 0.200. The van der Waals surface area contributed by atoms with Crippen molar-refractivity contribution in [3.05, 3.63) is 28.2 Å². The number of nitrogens with one attached hydrogen (secondary N) is 1. The number of carbonyl (C=O) groups excluding carboxylic acids is 1. The van der Waals surface area contributed by atoms with E-state index in [0.717, 1.165) is 4.47 Å². The Kier molecular flexibility index (Phi) is 4.47. The number of nitrogen functional groups attached to an aromatic ring is 1. The molecule has 7 heteroatoms. The van der Waals surface area contributed by atoms with Crippen LogP contribution in [-0.2, 0) is 4.79 Å². The molecule has 0 fully saturated rings. The van der Waals surface area contributed by atoms with Gasteiger partial charge in [-0.1, -0.05) is 15.9 Å². The predicted molar refractivity (Wildman–Crippen MR) is 64.5 cm³/mol. The molecule has 0 saturated carbocycles. The third-order valence-corrected chi connectivity index (χ3v) is 2.49. The van der Waals surface area contributed by atoms with E-state index in [1.54, 1.807) is 12.1 Å². The Hall–Kier alpha value is -1.60. The highest BCUT2D eigenvalue weighted by molar-refractivity contribution is 9.10. The normalized spacial score (nSPS) is 11.9. The number of hydrogen-bond donors (Lipinski definition) is 4. The first-order valence-corrected chi connectivity index (χ1v) is 5.45. The van der Waals surface area contributed by atoms with Gasteiger partial charge in [0.1, 0.15) is 0 Å². The summed E-state index contributed by atoms with van der Waals surface area (Å²) in [6, 6.07) is 4.70. The summed E-state index contributed by atoms with van der Waals surface area (Å²) in [5.41, 5.74) is 6.11. The minimum Gasteiger partial charge on any atom is -0.479 e. The standard InChI is InChI=1S/C10H11BrN2O4/c11-5-1-2-6(7(12)3-5)9(15)13-4-8(14)10(16)17/h1-3,8,14H,4,12H2,(H,13,15)(H,16,17)/t8-/m0/s1. The molecule has 6 nitrogen and oxygen atoms in total. The van der Waals surface area contributed by atoms with Crippen LogP contribution in [0, 0.1) is 0 Å². The summed E-state index contributed by atoms with van der Waals surface area (Å²) >= 11 is 3.20. The minimum absolute atomic E-state index is 0.228. The number of aliphatic hydroxyl groups excluding tert-OH is 1. The van der Waals surface area contributed by atoms with E-state index in [4.69, 9.17) is 15.9 Å². The molecule has 0 aliphatic carbocycles. The first-order valence-electron chi connectivity index (χ1n) is 4.66. The molecular formula is C10H11BrN2O4. The van der Waals surface area contributed by atoms with Crippen molar-refractivity contribution in [1.82, 2.24) is 5.32 Å². The molecule has 1 rings (SSSR count). The lowest BCUT2D eigenvalue weighted by atomic mass is 10.1. The van der Waals surface area contributed by atoms with Crippen LogP contribution in [0.2, 0.25) is 0 Å². The average molecular weight is 303 g/mol. The molecule has 17 heavy (non-hydrogen) atoms. The highest BCUT2D eigenvalue weighted by Gasteiger charge is 2.16. The van der Waals surface area contributed by atoms with Crippen LogP contribution in [0.15, 0.2) is 22.7 Å². The molecule has 1 atom stereocenters. The summed E-state index contributed by atoms with van der Waals surface area (Å²) in [5, 5.41) is 19.7. The third-order valence-electron chi connectivity index (χ3n) is 2.00. The lowest BCUT2D eigenvalue weighted by Crippen LogP contribution is -2.36. The molecule has 0 aromatic heterocycles. The van der Waals surface area contributed by atoms with Gasteiger partial charge in [-0.25, -0.2) is 4.79 Å². The summed E-state index contributed by atoms with van der Waals surface area (Å²) in [6.07, 6.45) is -1.63. The molecule has 92 valence electrons. The van der Waals surface area contributed by atoms with E-state index in [1.807, 2.05) is 0 Å². The molecule has 0 spiro atoms. The second-order valence-corrected chi connectivity index (χ2v) is 4.21. The van der Waals surface area contributed by atoms with Crippen LogP contribution >= 0.6 is 15.9 Å². The van der Waals surface area contributed by atoms with Crippen LogP contribution in [0.1, 0.15) is 10.4 Å². The maximum atomic E-state index is 11.6. The fourth-order valence-electron chi connectivity index (χ4n) is 1.11. The van der Waals surface area contributed by atoms with Crippen molar-refractivity contribution in [3.63, 3.8) is 0 Å². The van der Waals surface area contributed by atoms with E-state index in [1.165, 1.54) is 6.07 Å². The van der Waals surface area contributed by atoms with Crippen molar-refractivity contribution in [2.45, 2.75) is 6.10 Å². The maximum absolute atomic E-state index is 11.6. The molecule has 1 aromatic rings. The van der Waals surface area contributed by atoms with Gasteiger partial charge in [0.05, 0.1) is 12.1 Å². The fourth-order valence-corrected chi connectivity index (χ4v) is 1.49. The Bertz CT molecular complexity index is 450. The maximum Gasteiger partial charge on any atom is 0.334 e. The smallest absolute Gasteiger partial charge is 0.334 e. The van der Waals surface area contributed by atoms with E-state index >= 15 is 0 Å². The van der Waals surface area contributed by atoms with E-state index < -0.39 is 18.0 Å². The molecule has 0 aliphatic heterocycles. The SMILES string of the molecule is Nc1cc(Br)ccc1C(=O)NC[C@H](O)C(=O)O. The zero-order chi connectivity index (χ0) is 13.0. The third kappa shape index (κ3) is 3.72. The van der Waals surface area contributed by atoms with E-state index in [0.29, 0.717) is 0 Å². The molecule has 0 saturated heterocycles. The topological polar surface area (TPSA) is 113 Å². The zero-order valence-corrected chi connectivity index (χ0v) is 10.3. The number of carboxylic acid groups (broad SMARTS) is 1. The van der Waals surface area contributed by atoms with Crippen LogP contribution < -0.4 is 11.1 Å². The Balaban J connectivity index is 2.67. The van der Waals surface area contributed by atoms with Gasteiger partial charge < -0.3 is 21.3 Å². The summed E-state index contributed by atoms with van der Waals surface area (Å²) in [7, 11) is 0. The van der Waals surface area contributed by atoms with Crippen molar-refractivity contribution in [2.75, 3.05) is 12.3 Å². The van der Waals surface area contributed by atoms with Crippen molar-refractivity contribution >= 4 is 33.5 Å². The summed E-state index contributed by atoms with van der Waals surface area (Å²) in [6.45, 7) is -0.371. The van der Waals surface area contributed by atoms with E-state index in [-0.39, 0.29) is 17.8 Å². The predicted octanol–water partition coefficient (Wildman–Crippen LogP) is 0.207. The number of nitrogens with two attached hydrogens (primary N) is 1. The van der Waals surface area contributed by atoms with Gasteiger partial charge in [0, 0.05) is 10.2 Å². The summed E-state index contributed by atoms with van der Waals surface area (Å²) < 4.78 is 0.733. The largest absolute Gasteiger partial charge is 0.479 e. The Morgan fingerprint density at radius 1 is 1.47 bits per heavy atom. The Labute approximate surface area is 106 Å². The molecule has 0 heterocycles. The lowest BCUT2D eigenvalue weighted by molar-refractivity contribution is -0.146. The number of hydrogen-bond acceptors (Lipinski definition) is 4. The second-order valence-electron chi connectivity index (χ2n) is 3.30. The van der Waals surface area contributed by atoms with Crippen molar-refractivity contribution in [1.29, 1.82) is 0 Å². The van der Waals surface area contributed by atoms with Crippen LogP contribution in [-0.4, -0.2) is 34.7 Å². The van der Waals surface area contributed by atoms with Crippen molar-refractivity contribution in [2.24, 2.45) is 0 Å². The first kappa shape index (κ1) is 13.5.